The minimum absolute atomic E-state index is 0.102. The predicted octanol–water partition coefficient (Wildman–Crippen LogP) is 7.71. The average molecular weight is 541 g/mol. The highest BCUT2D eigenvalue weighted by molar-refractivity contribution is 5.92. The first-order valence-electron chi connectivity index (χ1n) is 14.4. The molecule has 0 atom stereocenters. The quantitative estimate of drug-likeness (QED) is 0.0965. The zero-order valence-corrected chi connectivity index (χ0v) is 23.6. The molecular formula is C32H44O7. The van der Waals surface area contributed by atoms with E-state index in [0.29, 0.717) is 48.9 Å². The van der Waals surface area contributed by atoms with Crippen molar-refractivity contribution in [1.29, 1.82) is 0 Å². The summed E-state index contributed by atoms with van der Waals surface area (Å²) in [7, 11) is 0. The van der Waals surface area contributed by atoms with Crippen LogP contribution in [0.2, 0.25) is 0 Å². The first-order chi connectivity index (χ1) is 19.0. The Labute approximate surface area is 233 Å². The normalized spacial score (nSPS) is 10.6. The van der Waals surface area contributed by atoms with Gasteiger partial charge in [0.2, 0.25) is 0 Å². The van der Waals surface area contributed by atoms with Gasteiger partial charge in [-0.05, 0) is 87.6 Å². The van der Waals surface area contributed by atoms with Gasteiger partial charge in [0.25, 0.3) is 0 Å². The number of carbonyl (C=O) groups is 3. The molecule has 0 unspecified atom stereocenters. The Kier molecular flexibility index (Phi) is 16.1. The van der Waals surface area contributed by atoms with E-state index in [0.717, 1.165) is 38.5 Å². The van der Waals surface area contributed by atoms with Gasteiger partial charge in [-0.25, -0.2) is 9.59 Å². The van der Waals surface area contributed by atoms with Crippen molar-refractivity contribution in [2.24, 2.45) is 0 Å². The van der Waals surface area contributed by atoms with Crippen molar-refractivity contribution in [2.45, 2.75) is 90.9 Å². The summed E-state index contributed by atoms with van der Waals surface area (Å²) in [4.78, 5) is 36.4. The molecule has 0 radical (unpaired) electrons. The lowest BCUT2D eigenvalue weighted by atomic mass is 10.1. The molecule has 0 N–H and O–H groups in total. The Morgan fingerprint density at radius 2 is 1.08 bits per heavy atom. The van der Waals surface area contributed by atoms with Gasteiger partial charge in [-0.2, -0.15) is 0 Å². The summed E-state index contributed by atoms with van der Waals surface area (Å²) in [5.74, 6) is 0.0183. The van der Waals surface area contributed by atoms with Crippen molar-refractivity contribution in [1.82, 2.24) is 0 Å². The van der Waals surface area contributed by atoms with E-state index >= 15 is 0 Å². The second kappa shape index (κ2) is 19.7. The monoisotopic (exact) mass is 540 g/mol. The molecule has 0 aromatic heterocycles. The van der Waals surface area contributed by atoms with Crippen LogP contribution in [-0.4, -0.2) is 37.7 Å². The molecule has 39 heavy (non-hydrogen) atoms. The highest BCUT2D eigenvalue weighted by Gasteiger charge is 2.11. The molecular weight excluding hydrogens is 496 g/mol. The van der Waals surface area contributed by atoms with E-state index in [1.165, 1.54) is 32.1 Å². The van der Waals surface area contributed by atoms with E-state index < -0.39 is 11.9 Å². The summed E-state index contributed by atoms with van der Waals surface area (Å²) in [6.07, 6.45) is 12.2. The number of benzene rings is 2. The minimum atomic E-state index is -0.490. The fraction of sp³-hybridized carbons (Fsp3) is 0.531. The van der Waals surface area contributed by atoms with E-state index in [4.69, 9.17) is 18.9 Å². The van der Waals surface area contributed by atoms with Crippen molar-refractivity contribution in [2.75, 3.05) is 19.8 Å². The lowest BCUT2D eigenvalue weighted by molar-refractivity contribution is -0.143. The number of rotatable bonds is 20. The fourth-order valence-electron chi connectivity index (χ4n) is 3.97. The zero-order chi connectivity index (χ0) is 28.1. The van der Waals surface area contributed by atoms with Gasteiger partial charge in [-0.15, -0.1) is 0 Å². The van der Waals surface area contributed by atoms with E-state index in [1.54, 1.807) is 48.5 Å². The number of ether oxygens (including phenoxy) is 4. The summed E-state index contributed by atoms with van der Waals surface area (Å²) < 4.78 is 21.4. The third-order valence-electron chi connectivity index (χ3n) is 6.22. The van der Waals surface area contributed by atoms with Crippen LogP contribution >= 0.6 is 0 Å². The highest BCUT2D eigenvalue weighted by Crippen LogP contribution is 2.17. The van der Waals surface area contributed by atoms with E-state index in [-0.39, 0.29) is 5.97 Å². The SMILES string of the molecule is CCCCCCCCCC(=O)OCCCCCCOC(=O)c1ccc(OC(=O)c2ccc(OCC)cc2)cc1. The van der Waals surface area contributed by atoms with Crippen molar-refractivity contribution in [3.8, 4) is 11.5 Å². The highest BCUT2D eigenvalue weighted by atomic mass is 16.5. The molecule has 0 spiro atoms. The van der Waals surface area contributed by atoms with E-state index in [1.807, 2.05) is 6.92 Å². The molecule has 7 nitrogen and oxygen atoms in total. The number of carbonyl (C=O) groups excluding carboxylic acids is 3. The van der Waals surface area contributed by atoms with Crippen LogP contribution in [0.15, 0.2) is 48.5 Å². The van der Waals surface area contributed by atoms with Crippen LogP contribution in [0.4, 0.5) is 0 Å². The van der Waals surface area contributed by atoms with Crippen LogP contribution in [0.1, 0.15) is 112 Å². The van der Waals surface area contributed by atoms with Crippen LogP contribution in [-0.2, 0) is 14.3 Å². The maximum Gasteiger partial charge on any atom is 0.343 e. The minimum Gasteiger partial charge on any atom is -0.494 e. The van der Waals surface area contributed by atoms with Gasteiger partial charge in [-0.1, -0.05) is 45.4 Å². The van der Waals surface area contributed by atoms with Gasteiger partial charge < -0.3 is 18.9 Å². The number of hydrogen-bond donors (Lipinski definition) is 0. The standard InChI is InChI=1S/C32H44O7/c1-3-5-6-7-8-9-12-15-30(33)37-24-13-10-11-14-25-38-31(34)26-18-22-29(23-19-26)39-32(35)27-16-20-28(21-17-27)36-4-2/h16-23H,3-15,24-25H2,1-2H3. The van der Waals surface area contributed by atoms with Crippen molar-refractivity contribution >= 4 is 17.9 Å². The first-order valence-corrected chi connectivity index (χ1v) is 14.4. The molecule has 0 heterocycles. The molecule has 0 saturated heterocycles. The van der Waals surface area contributed by atoms with Gasteiger partial charge in [-0.3, -0.25) is 4.79 Å². The van der Waals surface area contributed by atoms with Gasteiger partial charge in [0, 0.05) is 6.42 Å². The Hall–Kier alpha value is -3.35. The number of unbranched alkanes of at least 4 members (excludes halogenated alkanes) is 9. The van der Waals surface area contributed by atoms with E-state index in [9.17, 15) is 14.4 Å². The summed E-state index contributed by atoms with van der Waals surface area (Å²) >= 11 is 0. The van der Waals surface area contributed by atoms with Crippen LogP contribution in [0.3, 0.4) is 0 Å². The molecule has 0 bridgehead atoms. The molecule has 0 aliphatic carbocycles. The van der Waals surface area contributed by atoms with Gasteiger partial charge in [0.05, 0.1) is 30.9 Å². The molecule has 0 saturated carbocycles. The van der Waals surface area contributed by atoms with Gasteiger partial charge >= 0.3 is 17.9 Å². The van der Waals surface area contributed by atoms with Crippen LogP contribution in [0.5, 0.6) is 11.5 Å². The zero-order valence-electron chi connectivity index (χ0n) is 23.6. The second-order valence-corrected chi connectivity index (χ2v) is 9.51. The van der Waals surface area contributed by atoms with Crippen LogP contribution in [0.25, 0.3) is 0 Å². The first kappa shape index (κ1) is 31.9. The number of hydrogen-bond acceptors (Lipinski definition) is 7. The van der Waals surface area contributed by atoms with Crippen LogP contribution < -0.4 is 9.47 Å². The average Bonchev–Trinajstić information content (AvgIpc) is 2.94. The number of esters is 3. The largest absolute Gasteiger partial charge is 0.494 e. The summed E-state index contributed by atoms with van der Waals surface area (Å²) in [5.41, 5.74) is 0.798. The smallest absolute Gasteiger partial charge is 0.343 e. The molecule has 7 heteroatoms. The topological polar surface area (TPSA) is 88.1 Å². The fourth-order valence-corrected chi connectivity index (χ4v) is 3.97. The maximum atomic E-state index is 12.3. The molecule has 2 aromatic carbocycles. The lowest BCUT2D eigenvalue weighted by Gasteiger charge is -2.08. The molecule has 214 valence electrons. The third-order valence-corrected chi connectivity index (χ3v) is 6.22. The van der Waals surface area contributed by atoms with Gasteiger partial charge in [0.15, 0.2) is 0 Å². The Bertz CT molecular complexity index is 967. The van der Waals surface area contributed by atoms with Crippen molar-refractivity contribution < 1.29 is 33.3 Å². The molecule has 2 aromatic rings. The predicted molar refractivity (Wildman–Crippen MR) is 151 cm³/mol. The molecule has 0 aliphatic rings. The van der Waals surface area contributed by atoms with E-state index in [2.05, 4.69) is 6.92 Å². The summed E-state index contributed by atoms with van der Waals surface area (Å²) in [6, 6.07) is 13.0. The molecule has 0 aliphatic heterocycles. The lowest BCUT2D eigenvalue weighted by Crippen LogP contribution is -2.09. The van der Waals surface area contributed by atoms with Crippen molar-refractivity contribution in [3.63, 3.8) is 0 Å². The van der Waals surface area contributed by atoms with Crippen molar-refractivity contribution in [3.05, 3.63) is 59.7 Å². The second-order valence-electron chi connectivity index (χ2n) is 9.51. The molecule has 0 amide bonds. The molecule has 0 fully saturated rings. The third kappa shape index (κ3) is 13.8. The van der Waals surface area contributed by atoms with Gasteiger partial charge in [0.1, 0.15) is 11.5 Å². The summed E-state index contributed by atoms with van der Waals surface area (Å²) in [6.45, 7) is 5.43. The Balaban J connectivity index is 1.52. The Morgan fingerprint density at radius 1 is 0.564 bits per heavy atom. The Morgan fingerprint density at radius 3 is 1.69 bits per heavy atom. The molecule has 2 rings (SSSR count). The summed E-state index contributed by atoms with van der Waals surface area (Å²) in [5, 5.41) is 0. The van der Waals surface area contributed by atoms with Crippen LogP contribution in [0, 0.1) is 0 Å². The maximum absolute atomic E-state index is 12.3.